The summed E-state index contributed by atoms with van der Waals surface area (Å²) in [5.74, 6) is 0.620. The maximum absolute atomic E-state index is 12.6. The molecule has 31 heavy (non-hydrogen) atoms. The molecule has 1 N–H and O–H groups in total. The van der Waals surface area contributed by atoms with E-state index in [0.29, 0.717) is 12.5 Å². The summed E-state index contributed by atoms with van der Waals surface area (Å²) in [6, 6.07) is 20.5. The number of likely N-dealkylation sites (N-methyl/N-ethyl adjacent to an activating group) is 1. The minimum Gasteiger partial charge on any atom is -0.355 e. The molecule has 1 atom stereocenters. The molecule has 0 aliphatic heterocycles. The number of fused-ring (bicyclic) bond motifs is 1. The highest BCUT2D eigenvalue weighted by Crippen LogP contribution is 2.55. The zero-order chi connectivity index (χ0) is 21.6. The van der Waals surface area contributed by atoms with Crippen molar-refractivity contribution < 1.29 is 13.2 Å². The van der Waals surface area contributed by atoms with Crippen LogP contribution in [0, 0.1) is 5.92 Å². The van der Waals surface area contributed by atoms with E-state index in [4.69, 9.17) is 0 Å². The van der Waals surface area contributed by atoms with Gasteiger partial charge >= 0.3 is 0 Å². The van der Waals surface area contributed by atoms with Gasteiger partial charge < -0.3 is 5.32 Å². The van der Waals surface area contributed by atoms with Crippen molar-refractivity contribution >= 4 is 27.3 Å². The predicted molar refractivity (Wildman–Crippen MR) is 122 cm³/mol. The van der Waals surface area contributed by atoms with Gasteiger partial charge in [-0.15, -0.1) is 11.3 Å². The quantitative estimate of drug-likeness (QED) is 0.619. The first kappa shape index (κ1) is 20.4. The minimum absolute atomic E-state index is 0.186. The molecule has 160 valence electrons. The number of nitrogens with one attached hydrogen (secondary N) is 1. The SMILES string of the molecule is CN(CC(=O)NC[C@H]1CC2c3ccccc3C1c1ccccc12)S(=O)(=O)c1cccs1. The van der Waals surface area contributed by atoms with Crippen molar-refractivity contribution in [2.75, 3.05) is 20.1 Å². The van der Waals surface area contributed by atoms with E-state index in [-0.39, 0.29) is 28.5 Å². The molecule has 0 fully saturated rings. The first-order chi connectivity index (χ1) is 15.0. The highest BCUT2D eigenvalue weighted by atomic mass is 32.2. The lowest BCUT2D eigenvalue weighted by molar-refractivity contribution is -0.121. The number of hydrogen-bond donors (Lipinski definition) is 1. The van der Waals surface area contributed by atoms with Crippen LogP contribution in [0.4, 0.5) is 0 Å². The number of sulfonamides is 1. The predicted octanol–water partition coefficient (Wildman–Crippen LogP) is 3.78. The van der Waals surface area contributed by atoms with Crippen LogP contribution in [0.15, 0.2) is 70.3 Å². The fourth-order valence-corrected chi connectivity index (χ4v) is 7.44. The Morgan fingerprint density at radius 1 is 1.00 bits per heavy atom. The Morgan fingerprint density at radius 3 is 2.19 bits per heavy atom. The molecular weight excluding hydrogens is 428 g/mol. The summed E-state index contributed by atoms with van der Waals surface area (Å²) in [6.45, 7) is 0.351. The number of carbonyl (C=O) groups excluding carboxylic acids is 1. The third-order valence-electron chi connectivity index (χ3n) is 6.51. The topological polar surface area (TPSA) is 66.5 Å². The number of rotatable bonds is 6. The van der Waals surface area contributed by atoms with Gasteiger partial charge in [-0.3, -0.25) is 4.79 Å². The number of thiophene rings is 1. The largest absolute Gasteiger partial charge is 0.355 e. The van der Waals surface area contributed by atoms with E-state index >= 15 is 0 Å². The molecule has 6 rings (SSSR count). The monoisotopic (exact) mass is 452 g/mol. The van der Waals surface area contributed by atoms with Crippen LogP contribution in [0.25, 0.3) is 0 Å². The molecule has 3 aliphatic carbocycles. The first-order valence-corrected chi connectivity index (χ1v) is 12.7. The van der Waals surface area contributed by atoms with E-state index in [0.717, 1.165) is 22.1 Å². The Kier molecular flexibility index (Phi) is 5.20. The van der Waals surface area contributed by atoms with Crippen molar-refractivity contribution in [1.82, 2.24) is 9.62 Å². The third-order valence-corrected chi connectivity index (χ3v) is 9.69. The molecule has 3 aliphatic rings. The molecule has 1 amide bonds. The zero-order valence-electron chi connectivity index (χ0n) is 17.2. The molecular formula is C24H24N2O3S2. The van der Waals surface area contributed by atoms with Gasteiger partial charge in [0.1, 0.15) is 4.21 Å². The van der Waals surface area contributed by atoms with Gasteiger partial charge in [0.15, 0.2) is 0 Å². The van der Waals surface area contributed by atoms with Crippen LogP contribution in [0.3, 0.4) is 0 Å². The Balaban J connectivity index is 1.30. The van der Waals surface area contributed by atoms with Crippen molar-refractivity contribution in [2.24, 2.45) is 5.92 Å². The second-order valence-electron chi connectivity index (χ2n) is 8.28. The molecule has 1 heterocycles. The van der Waals surface area contributed by atoms with Gasteiger partial charge in [0.2, 0.25) is 5.91 Å². The number of carbonyl (C=O) groups is 1. The lowest BCUT2D eigenvalue weighted by Gasteiger charge is -2.45. The molecule has 3 aromatic rings. The molecule has 0 saturated carbocycles. The molecule has 0 radical (unpaired) electrons. The number of nitrogens with zero attached hydrogens (tertiary/aromatic N) is 1. The molecule has 0 unspecified atom stereocenters. The Morgan fingerprint density at radius 2 is 1.61 bits per heavy atom. The summed E-state index contributed by atoms with van der Waals surface area (Å²) in [7, 11) is -2.18. The molecule has 0 saturated heterocycles. The molecule has 2 aromatic carbocycles. The zero-order valence-corrected chi connectivity index (χ0v) is 18.8. The summed E-state index contributed by atoms with van der Waals surface area (Å²) in [4.78, 5) is 12.6. The van der Waals surface area contributed by atoms with Crippen LogP contribution in [0.1, 0.15) is 40.5 Å². The lowest BCUT2D eigenvalue weighted by atomic mass is 9.59. The fourth-order valence-electron chi connectivity index (χ4n) is 5.11. The molecule has 2 bridgehead atoms. The Bertz CT molecular complexity index is 1170. The van der Waals surface area contributed by atoms with E-state index < -0.39 is 10.0 Å². The average molecular weight is 453 g/mol. The van der Waals surface area contributed by atoms with Crippen LogP contribution in [0.5, 0.6) is 0 Å². The van der Waals surface area contributed by atoms with Crippen molar-refractivity contribution in [3.05, 3.63) is 88.3 Å². The van der Waals surface area contributed by atoms with Gasteiger partial charge in [-0.2, -0.15) is 4.31 Å². The van der Waals surface area contributed by atoms with Crippen LogP contribution >= 0.6 is 11.3 Å². The summed E-state index contributed by atoms with van der Waals surface area (Å²) in [6.07, 6.45) is 0.988. The summed E-state index contributed by atoms with van der Waals surface area (Å²) < 4.78 is 26.5. The lowest BCUT2D eigenvalue weighted by Crippen LogP contribution is -2.43. The van der Waals surface area contributed by atoms with Crippen molar-refractivity contribution in [3.63, 3.8) is 0 Å². The second kappa shape index (κ2) is 7.89. The summed E-state index contributed by atoms with van der Waals surface area (Å²) >= 11 is 1.16. The first-order valence-electron chi connectivity index (χ1n) is 10.4. The fraction of sp³-hybridized carbons (Fsp3) is 0.292. The van der Waals surface area contributed by atoms with Crippen LogP contribution in [-0.4, -0.2) is 38.8 Å². The second-order valence-corrected chi connectivity index (χ2v) is 11.5. The van der Waals surface area contributed by atoms with E-state index in [1.165, 1.54) is 29.3 Å². The van der Waals surface area contributed by atoms with Gasteiger partial charge in [0.25, 0.3) is 10.0 Å². The van der Waals surface area contributed by atoms with E-state index in [9.17, 15) is 13.2 Å². The van der Waals surface area contributed by atoms with Crippen LogP contribution in [-0.2, 0) is 14.8 Å². The van der Waals surface area contributed by atoms with E-state index in [1.54, 1.807) is 17.5 Å². The summed E-state index contributed by atoms with van der Waals surface area (Å²) in [5, 5.41) is 4.72. The highest BCUT2D eigenvalue weighted by Gasteiger charge is 2.42. The Hall–Kier alpha value is -2.48. The normalized spacial score (nSPS) is 21.5. The molecule has 7 heteroatoms. The van der Waals surface area contributed by atoms with Crippen molar-refractivity contribution in [1.29, 1.82) is 0 Å². The summed E-state index contributed by atoms with van der Waals surface area (Å²) in [5.41, 5.74) is 5.51. The van der Waals surface area contributed by atoms with Crippen molar-refractivity contribution in [3.8, 4) is 0 Å². The maximum Gasteiger partial charge on any atom is 0.252 e. The van der Waals surface area contributed by atoms with Gasteiger partial charge in [-0.1, -0.05) is 54.6 Å². The number of amides is 1. The highest BCUT2D eigenvalue weighted by molar-refractivity contribution is 7.91. The minimum atomic E-state index is -3.63. The van der Waals surface area contributed by atoms with Crippen LogP contribution < -0.4 is 5.32 Å². The Labute approximate surface area is 186 Å². The van der Waals surface area contributed by atoms with Gasteiger partial charge in [-0.25, -0.2) is 8.42 Å². The van der Waals surface area contributed by atoms with Crippen LogP contribution in [0.2, 0.25) is 0 Å². The van der Waals surface area contributed by atoms with Gasteiger partial charge in [0, 0.05) is 25.4 Å². The maximum atomic E-state index is 12.6. The average Bonchev–Trinajstić information content (AvgIpc) is 3.34. The third kappa shape index (κ3) is 3.50. The molecule has 5 nitrogen and oxygen atoms in total. The standard InChI is InChI=1S/C24H24N2O3S2/c1-26(31(28,29)23-11-6-12-30-23)15-22(27)25-14-16-13-21-17-7-2-4-9-19(17)24(16)20-10-5-3-8-18(20)21/h2-12,16,21,24H,13-15H2,1H3,(H,25,27)/t16-,21?,24?/m1/s1. The number of benzene rings is 2. The van der Waals surface area contributed by atoms with Crippen molar-refractivity contribution in [2.45, 2.75) is 22.5 Å². The van der Waals surface area contributed by atoms with E-state index in [2.05, 4.69) is 53.8 Å². The van der Waals surface area contributed by atoms with Gasteiger partial charge in [-0.05, 0) is 46.0 Å². The molecule has 0 spiro atoms. The number of hydrogen-bond acceptors (Lipinski definition) is 4. The van der Waals surface area contributed by atoms with E-state index in [1.807, 2.05) is 0 Å². The molecule has 1 aromatic heterocycles. The smallest absolute Gasteiger partial charge is 0.252 e. The van der Waals surface area contributed by atoms with Gasteiger partial charge in [0.05, 0.1) is 6.54 Å².